The van der Waals surface area contributed by atoms with Gasteiger partial charge in [0.25, 0.3) is 0 Å². The molecule has 0 bridgehead atoms. The van der Waals surface area contributed by atoms with Gasteiger partial charge in [-0.05, 0) is 42.4 Å². The van der Waals surface area contributed by atoms with E-state index in [1.165, 1.54) is 0 Å². The Bertz CT molecular complexity index is 428. The highest BCUT2D eigenvalue weighted by molar-refractivity contribution is 6.35. The second-order valence-corrected chi connectivity index (χ2v) is 6.82. The molecule has 1 aliphatic rings. The van der Waals surface area contributed by atoms with Crippen molar-refractivity contribution in [2.45, 2.75) is 45.1 Å². The third-order valence-electron chi connectivity index (χ3n) is 3.61. The van der Waals surface area contributed by atoms with Crippen LogP contribution < -0.4 is 0 Å². The molecule has 0 aromatic heterocycles. The van der Waals surface area contributed by atoms with E-state index in [-0.39, 0.29) is 5.41 Å². The van der Waals surface area contributed by atoms with Crippen LogP contribution in [-0.4, -0.2) is 10.7 Å². The fourth-order valence-corrected chi connectivity index (χ4v) is 3.28. The van der Waals surface area contributed by atoms with E-state index in [0.29, 0.717) is 16.5 Å². The summed E-state index contributed by atoms with van der Waals surface area (Å²) < 4.78 is 0. The van der Waals surface area contributed by atoms with Gasteiger partial charge in [0.15, 0.2) is 0 Å². The maximum absolute atomic E-state index is 10.6. The molecule has 1 N–H and O–H groups in total. The second-order valence-electron chi connectivity index (χ2n) is 5.98. The minimum Gasteiger partial charge on any atom is -0.390 e. The number of aliphatic hydroxyl groups is 1. The first-order valence-corrected chi connectivity index (χ1v) is 6.72. The molecular weight excluding hydrogens is 255 g/mol. The van der Waals surface area contributed by atoms with Gasteiger partial charge in [0.2, 0.25) is 0 Å². The van der Waals surface area contributed by atoms with Gasteiger partial charge in [0.1, 0.15) is 0 Å². The Morgan fingerprint density at radius 3 is 2.47 bits per heavy atom. The van der Waals surface area contributed by atoms with Crippen LogP contribution in [0.1, 0.15) is 38.7 Å². The van der Waals surface area contributed by atoms with Crippen LogP contribution in [0.5, 0.6) is 0 Å². The molecule has 1 nitrogen and oxygen atoms in total. The molecule has 1 aromatic carbocycles. The zero-order valence-electron chi connectivity index (χ0n) is 10.3. The minimum atomic E-state index is -0.610. The summed E-state index contributed by atoms with van der Waals surface area (Å²) in [5.41, 5.74) is 0.602. The summed E-state index contributed by atoms with van der Waals surface area (Å²) in [7, 11) is 0. The van der Waals surface area contributed by atoms with Gasteiger partial charge >= 0.3 is 0 Å². The lowest BCUT2D eigenvalue weighted by molar-refractivity contribution is 0.0379. The Hall–Kier alpha value is -0.240. The average Bonchev–Trinajstić information content (AvgIpc) is 2.46. The van der Waals surface area contributed by atoms with E-state index < -0.39 is 5.60 Å². The third kappa shape index (κ3) is 3.15. The molecule has 1 aliphatic carbocycles. The normalized spacial score (nSPS) is 27.4. The molecule has 0 heterocycles. The van der Waals surface area contributed by atoms with Crippen molar-refractivity contribution in [2.75, 3.05) is 0 Å². The molecule has 0 amide bonds. The first-order chi connectivity index (χ1) is 7.80. The molecule has 1 saturated carbocycles. The molecule has 1 aromatic rings. The van der Waals surface area contributed by atoms with E-state index in [4.69, 9.17) is 23.2 Å². The van der Waals surface area contributed by atoms with Crippen molar-refractivity contribution >= 4 is 23.2 Å². The molecule has 0 spiro atoms. The molecule has 1 unspecified atom stereocenters. The third-order valence-corrected chi connectivity index (χ3v) is 4.20. The predicted octanol–water partition coefficient (Wildman–Crippen LogP) is 4.48. The van der Waals surface area contributed by atoms with E-state index >= 15 is 0 Å². The number of hydrogen-bond donors (Lipinski definition) is 1. The van der Waals surface area contributed by atoms with Crippen molar-refractivity contribution in [3.63, 3.8) is 0 Å². The molecule has 2 rings (SSSR count). The van der Waals surface area contributed by atoms with E-state index in [0.717, 1.165) is 24.8 Å². The Morgan fingerprint density at radius 2 is 1.94 bits per heavy atom. The van der Waals surface area contributed by atoms with Gasteiger partial charge in [-0.2, -0.15) is 0 Å². The first-order valence-electron chi connectivity index (χ1n) is 5.96. The molecule has 0 saturated heterocycles. The first kappa shape index (κ1) is 13.2. The topological polar surface area (TPSA) is 20.2 Å². The van der Waals surface area contributed by atoms with Crippen molar-refractivity contribution in [1.29, 1.82) is 0 Å². The van der Waals surface area contributed by atoms with Crippen LogP contribution in [0.4, 0.5) is 0 Å². The van der Waals surface area contributed by atoms with E-state index in [9.17, 15) is 5.11 Å². The number of benzene rings is 1. The maximum atomic E-state index is 10.6. The number of rotatable bonds is 2. The molecule has 3 heteroatoms. The van der Waals surface area contributed by atoms with Gasteiger partial charge in [-0.1, -0.05) is 43.1 Å². The Kier molecular flexibility index (Phi) is 3.46. The second kappa shape index (κ2) is 4.46. The zero-order valence-corrected chi connectivity index (χ0v) is 11.8. The fraction of sp³-hybridized carbons (Fsp3) is 0.571. The molecular formula is C14H18Cl2O. The van der Waals surface area contributed by atoms with Gasteiger partial charge in [-0.15, -0.1) is 0 Å². The van der Waals surface area contributed by atoms with E-state index in [1.54, 1.807) is 6.07 Å². The average molecular weight is 273 g/mol. The number of hydrogen-bond acceptors (Lipinski definition) is 1. The van der Waals surface area contributed by atoms with Crippen molar-refractivity contribution in [2.24, 2.45) is 5.41 Å². The lowest BCUT2D eigenvalue weighted by atomic mass is 9.86. The van der Waals surface area contributed by atoms with Crippen molar-refractivity contribution < 1.29 is 5.11 Å². The van der Waals surface area contributed by atoms with Crippen LogP contribution >= 0.6 is 23.2 Å². The van der Waals surface area contributed by atoms with Gasteiger partial charge in [0, 0.05) is 16.5 Å². The summed E-state index contributed by atoms with van der Waals surface area (Å²) in [6.45, 7) is 4.41. The Balaban J connectivity index is 2.16. The maximum Gasteiger partial charge on any atom is 0.0693 e. The Morgan fingerprint density at radius 1 is 1.24 bits per heavy atom. The highest BCUT2D eigenvalue weighted by Crippen LogP contribution is 2.45. The highest BCUT2D eigenvalue weighted by atomic mass is 35.5. The summed E-state index contributed by atoms with van der Waals surface area (Å²) in [5.74, 6) is 0. The zero-order chi connectivity index (χ0) is 12.7. The van der Waals surface area contributed by atoms with Gasteiger partial charge in [0.05, 0.1) is 5.60 Å². The van der Waals surface area contributed by atoms with Crippen molar-refractivity contribution in [3.05, 3.63) is 33.8 Å². The molecule has 0 radical (unpaired) electrons. The monoisotopic (exact) mass is 272 g/mol. The summed E-state index contributed by atoms with van der Waals surface area (Å²) in [5, 5.41) is 11.9. The van der Waals surface area contributed by atoms with Crippen LogP contribution in [0, 0.1) is 5.41 Å². The van der Waals surface area contributed by atoms with Gasteiger partial charge in [-0.25, -0.2) is 0 Å². The van der Waals surface area contributed by atoms with Gasteiger partial charge in [-0.3, -0.25) is 0 Å². The van der Waals surface area contributed by atoms with E-state index in [1.807, 2.05) is 12.1 Å². The van der Waals surface area contributed by atoms with Crippen LogP contribution in [0.15, 0.2) is 18.2 Å². The highest BCUT2D eigenvalue weighted by Gasteiger charge is 2.41. The van der Waals surface area contributed by atoms with Crippen LogP contribution in [0.25, 0.3) is 0 Å². The van der Waals surface area contributed by atoms with E-state index in [2.05, 4.69) is 13.8 Å². The minimum absolute atomic E-state index is 0.230. The molecule has 1 atom stereocenters. The standard InChI is InChI=1S/C14H18Cl2O/c1-13(2)5-6-14(17,9-13)8-10-3-4-11(15)7-12(10)16/h3-4,7,17H,5-6,8-9H2,1-2H3. The van der Waals surface area contributed by atoms with Crippen LogP contribution in [-0.2, 0) is 6.42 Å². The molecule has 17 heavy (non-hydrogen) atoms. The quantitative estimate of drug-likeness (QED) is 0.842. The summed E-state index contributed by atoms with van der Waals surface area (Å²) in [6, 6.07) is 5.47. The lowest BCUT2D eigenvalue weighted by Gasteiger charge is -2.25. The van der Waals surface area contributed by atoms with Crippen molar-refractivity contribution in [3.8, 4) is 0 Å². The summed E-state index contributed by atoms with van der Waals surface area (Å²) in [6.07, 6.45) is 3.36. The lowest BCUT2D eigenvalue weighted by Crippen LogP contribution is -2.29. The largest absolute Gasteiger partial charge is 0.390 e. The van der Waals surface area contributed by atoms with Crippen LogP contribution in [0.2, 0.25) is 10.0 Å². The van der Waals surface area contributed by atoms with Gasteiger partial charge < -0.3 is 5.11 Å². The Labute approximate surface area is 113 Å². The fourth-order valence-electron chi connectivity index (χ4n) is 2.81. The summed E-state index contributed by atoms with van der Waals surface area (Å²) >= 11 is 12.0. The van der Waals surface area contributed by atoms with Crippen molar-refractivity contribution in [1.82, 2.24) is 0 Å². The molecule has 94 valence electrons. The SMILES string of the molecule is CC1(C)CCC(O)(Cc2ccc(Cl)cc2Cl)C1. The molecule has 1 fully saturated rings. The molecule has 0 aliphatic heterocycles. The van der Waals surface area contributed by atoms with Crippen LogP contribution in [0.3, 0.4) is 0 Å². The smallest absolute Gasteiger partial charge is 0.0693 e. The number of halogens is 2. The predicted molar refractivity (Wildman–Crippen MR) is 72.7 cm³/mol. The summed E-state index contributed by atoms with van der Waals surface area (Å²) in [4.78, 5) is 0.